The SMILES string of the molecule is CN(CCN1CC[C@@H](N2C(=O)c3ccccc3C2=O)C1)c1c(N)ccc(Oc2ccccc2)c1C(F)(F)F. The van der Waals surface area contributed by atoms with E-state index >= 15 is 0 Å². The predicted octanol–water partition coefficient (Wildman–Crippen LogP) is 4.89. The Morgan fingerprint density at radius 3 is 2.24 bits per heavy atom. The number of nitrogen functional groups attached to an aromatic ring is 1. The zero-order valence-electron chi connectivity index (χ0n) is 20.7. The van der Waals surface area contributed by atoms with E-state index in [4.69, 9.17) is 10.5 Å². The quantitative estimate of drug-likeness (QED) is 0.351. The molecular formula is C28H27F3N4O3. The monoisotopic (exact) mass is 524 g/mol. The van der Waals surface area contributed by atoms with Crippen LogP contribution in [-0.4, -0.2) is 60.9 Å². The number of halogens is 3. The van der Waals surface area contributed by atoms with Crippen LogP contribution in [0.1, 0.15) is 32.7 Å². The fourth-order valence-corrected chi connectivity index (χ4v) is 5.14. The highest BCUT2D eigenvalue weighted by atomic mass is 19.4. The number of likely N-dealkylation sites (N-methyl/N-ethyl adjacent to an activating group) is 1. The van der Waals surface area contributed by atoms with Gasteiger partial charge in [-0.1, -0.05) is 30.3 Å². The van der Waals surface area contributed by atoms with Crippen molar-refractivity contribution in [1.29, 1.82) is 0 Å². The predicted molar refractivity (Wildman–Crippen MR) is 137 cm³/mol. The van der Waals surface area contributed by atoms with Crippen LogP contribution < -0.4 is 15.4 Å². The number of alkyl halides is 3. The highest BCUT2D eigenvalue weighted by Crippen LogP contribution is 2.46. The van der Waals surface area contributed by atoms with Gasteiger partial charge in [0.25, 0.3) is 11.8 Å². The molecule has 38 heavy (non-hydrogen) atoms. The number of para-hydroxylation sites is 1. The molecule has 3 aromatic carbocycles. The third kappa shape index (κ3) is 4.79. The molecule has 0 saturated carbocycles. The maximum atomic E-state index is 14.3. The topological polar surface area (TPSA) is 79.1 Å². The molecule has 1 fully saturated rings. The number of anilines is 2. The summed E-state index contributed by atoms with van der Waals surface area (Å²) in [4.78, 5) is 30.5. The summed E-state index contributed by atoms with van der Waals surface area (Å²) < 4.78 is 48.4. The van der Waals surface area contributed by atoms with Crippen molar-refractivity contribution in [1.82, 2.24) is 9.80 Å². The van der Waals surface area contributed by atoms with Gasteiger partial charge in [-0.3, -0.25) is 19.4 Å². The number of nitrogens with zero attached hydrogens (tertiary/aromatic N) is 3. The van der Waals surface area contributed by atoms with Crippen LogP contribution in [0.5, 0.6) is 11.5 Å². The number of nitrogens with two attached hydrogens (primary N) is 1. The van der Waals surface area contributed by atoms with Crippen LogP contribution in [0.25, 0.3) is 0 Å². The van der Waals surface area contributed by atoms with Crippen molar-refractivity contribution in [2.24, 2.45) is 0 Å². The lowest BCUT2D eigenvalue weighted by molar-refractivity contribution is -0.138. The summed E-state index contributed by atoms with van der Waals surface area (Å²) in [7, 11) is 1.56. The maximum Gasteiger partial charge on any atom is 0.422 e. The highest BCUT2D eigenvalue weighted by Gasteiger charge is 2.42. The van der Waals surface area contributed by atoms with E-state index in [-0.39, 0.29) is 47.3 Å². The van der Waals surface area contributed by atoms with E-state index in [1.54, 1.807) is 61.6 Å². The van der Waals surface area contributed by atoms with Crippen molar-refractivity contribution in [3.63, 3.8) is 0 Å². The van der Waals surface area contributed by atoms with Crippen LogP contribution in [0.2, 0.25) is 0 Å². The van der Waals surface area contributed by atoms with E-state index in [2.05, 4.69) is 0 Å². The largest absolute Gasteiger partial charge is 0.457 e. The summed E-state index contributed by atoms with van der Waals surface area (Å²) >= 11 is 0. The molecule has 1 atom stereocenters. The fraction of sp³-hybridized carbons (Fsp3) is 0.286. The summed E-state index contributed by atoms with van der Waals surface area (Å²) in [6.45, 7) is 1.75. The molecule has 10 heteroatoms. The van der Waals surface area contributed by atoms with Gasteiger partial charge in [-0.05, 0) is 42.8 Å². The number of hydrogen-bond donors (Lipinski definition) is 1. The number of carbonyl (C=O) groups excluding carboxylic acids is 2. The Hall–Kier alpha value is -4.05. The van der Waals surface area contributed by atoms with E-state index < -0.39 is 11.7 Å². The Labute approximate surface area is 218 Å². The van der Waals surface area contributed by atoms with Crippen molar-refractivity contribution in [3.8, 4) is 11.5 Å². The first kappa shape index (κ1) is 25.6. The van der Waals surface area contributed by atoms with Crippen LogP contribution >= 0.6 is 0 Å². The molecule has 7 nitrogen and oxygen atoms in total. The van der Waals surface area contributed by atoms with Crippen molar-refractivity contribution in [2.75, 3.05) is 43.9 Å². The molecule has 0 spiro atoms. The molecule has 2 amide bonds. The summed E-state index contributed by atoms with van der Waals surface area (Å²) in [5, 5.41) is 0. The van der Waals surface area contributed by atoms with Gasteiger partial charge >= 0.3 is 6.18 Å². The lowest BCUT2D eigenvalue weighted by Gasteiger charge is -2.29. The van der Waals surface area contributed by atoms with Crippen LogP contribution in [0.15, 0.2) is 66.7 Å². The summed E-state index contributed by atoms with van der Waals surface area (Å²) in [5.74, 6) is -0.640. The van der Waals surface area contributed by atoms with Gasteiger partial charge < -0.3 is 15.4 Å². The molecule has 0 radical (unpaired) electrons. The van der Waals surface area contributed by atoms with Crippen molar-refractivity contribution in [3.05, 3.63) is 83.4 Å². The summed E-state index contributed by atoms with van der Waals surface area (Å²) in [5.41, 5.74) is 5.77. The van der Waals surface area contributed by atoms with Crippen LogP contribution in [0.3, 0.4) is 0 Å². The summed E-state index contributed by atoms with van der Waals surface area (Å²) in [6.07, 6.45) is -4.10. The molecule has 2 N–H and O–H groups in total. The van der Waals surface area contributed by atoms with Gasteiger partial charge in [-0.25, -0.2) is 0 Å². The third-order valence-electron chi connectivity index (χ3n) is 7.00. The van der Waals surface area contributed by atoms with Crippen LogP contribution in [0.4, 0.5) is 24.5 Å². The van der Waals surface area contributed by atoms with Crippen LogP contribution in [0, 0.1) is 0 Å². The Kier molecular flexibility index (Phi) is 6.75. The number of imide groups is 1. The van der Waals surface area contributed by atoms with E-state index in [0.717, 1.165) is 0 Å². The van der Waals surface area contributed by atoms with Gasteiger partial charge in [0, 0.05) is 33.2 Å². The number of carbonyl (C=O) groups is 2. The smallest absolute Gasteiger partial charge is 0.422 e. The Morgan fingerprint density at radius 2 is 1.61 bits per heavy atom. The van der Waals surface area contributed by atoms with E-state index in [1.165, 1.54) is 21.9 Å². The standard InChI is InChI=1S/C28H27F3N4O3/c1-33(25-22(32)11-12-23(24(25)28(29,30)31)38-19-7-3-2-4-8-19)15-16-34-14-13-18(17-34)35-26(36)20-9-5-6-10-21(20)27(35)37/h2-12,18H,13-17,32H2,1H3/t18-/m1/s1. The van der Waals surface area contributed by atoms with Gasteiger partial charge in [-0.2, -0.15) is 13.2 Å². The second-order valence-corrected chi connectivity index (χ2v) is 9.48. The molecular weight excluding hydrogens is 497 g/mol. The molecule has 5 rings (SSSR count). The number of benzene rings is 3. The van der Waals surface area contributed by atoms with Gasteiger partial charge in [0.15, 0.2) is 0 Å². The Morgan fingerprint density at radius 1 is 0.974 bits per heavy atom. The molecule has 1 saturated heterocycles. The number of amides is 2. The van der Waals surface area contributed by atoms with Crippen molar-refractivity contribution >= 4 is 23.2 Å². The zero-order valence-corrected chi connectivity index (χ0v) is 20.7. The number of ether oxygens (including phenoxy) is 1. The molecule has 3 aromatic rings. The van der Waals surface area contributed by atoms with Gasteiger partial charge in [0.05, 0.1) is 28.5 Å². The molecule has 0 bridgehead atoms. The van der Waals surface area contributed by atoms with Crippen molar-refractivity contribution in [2.45, 2.75) is 18.6 Å². The second-order valence-electron chi connectivity index (χ2n) is 9.48. The first-order valence-electron chi connectivity index (χ1n) is 12.3. The molecule has 0 aromatic heterocycles. The number of hydrogen-bond acceptors (Lipinski definition) is 6. The van der Waals surface area contributed by atoms with E-state index in [9.17, 15) is 22.8 Å². The number of fused-ring (bicyclic) bond motifs is 1. The van der Waals surface area contributed by atoms with Gasteiger partial charge in [0.1, 0.15) is 17.1 Å². The zero-order chi connectivity index (χ0) is 27.0. The first-order valence-corrected chi connectivity index (χ1v) is 12.3. The third-order valence-corrected chi connectivity index (χ3v) is 7.00. The average molecular weight is 525 g/mol. The van der Waals surface area contributed by atoms with Gasteiger partial charge in [-0.15, -0.1) is 0 Å². The van der Waals surface area contributed by atoms with Crippen LogP contribution in [-0.2, 0) is 6.18 Å². The number of likely N-dealkylation sites (tertiary alicyclic amines) is 1. The minimum atomic E-state index is -4.70. The lowest BCUT2D eigenvalue weighted by Crippen LogP contribution is -2.42. The second kappa shape index (κ2) is 10.0. The van der Waals surface area contributed by atoms with E-state index in [1.807, 2.05) is 4.90 Å². The molecule has 198 valence electrons. The molecule has 0 aliphatic carbocycles. The molecule has 2 aliphatic rings. The minimum Gasteiger partial charge on any atom is -0.457 e. The average Bonchev–Trinajstić information content (AvgIpc) is 3.45. The number of rotatable bonds is 7. The van der Waals surface area contributed by atoms with E-state index in [0.29, 0.717) is 37.2 Å². The fourth-order valence-electron chi connectivity index (χ4n) is 5.14. The highest BCUT2D eigenvalue weighted by molar-refractivity contribution is 6.21. The molecule has 2 heterocycles. The molecule has 0 unspecified atom stereocenters. The lowest BCUT2D eigenvalue weighted by atomic mass is 10.1. The normalized spacial score (nSPS) is 17.7. The minimum absolute atomic E-state index is 0.00874. The molecule has 2 aliphatic heterocycles. The Bertz CT molecular complexity index is 1330. The Balaban J connectivity index is 1.29. The summed E-state index contributed by atoms with van der Waals surface area (Å²) in [6, 6.07) is 17.4. The van der Waals surface area contributed by atoms with Gasteiger partial charge in [0.2, 0.25) is 0 Å². The maximum absolute atomic E-state index is 14.3. The van der Waals surface area contributed by atoms with Crippen molar-refractivity contribution < 1.29 is 27.5 Å². The first-order chi connectivity index (χ1) is 18.1.